The van der Waals surface area contributed by atoms with E-state index >= 15 is 0 Å². The van der Waals surface area contributed by atoms with Crippen LogP contribution in [0.4, 0.5) is 16.2 Å². The predicted octanol–water partition coefficient (Wildman–Crippen LogP) is 2.59. The van der Waals surface area contributed by atoms with Gasteiger partial charge in [-0.2, -0.15) is 0 Å². The maximum Gasteiger partial charge on any atom is 0.343 e. The first-order chi connectivity index (χ1) is 9.15. The Kier molecular flexibility index (Phi) is 4.30. The van der Waals surface area contributed by atoms with Gasteiger partial charge in [-0.25, -0.2) is 10.3 Å². The molecule has 1 aliphatic rings. The molecule has 0 radical (unpaired) electrons. The lowest BCUT2D eigenvalue weighted by atomic mass is 10.3. The average molecular weight is 265 g/mol. The molecule has 2 N–H and O–H groups in total. The number of hydrogen-bond acceptors (Lipinski definition) is 4. The Morgan fingerprint density at radius 2 is 1.89 bits per heavy atom. The standard InChI is InChI=1S/C12H15N3O4/c16-12(14-19-11-3-1-2-4-11)13-9-5-7-10(8-6-9)15(17)18/h5-8,11H,1-4H2,(H2,13,14,16). The molecule has 7 nitrogen and oxygen atoms in total. The molecule has 1 saturated carbocycles. The lowest BCUT2D eigenvalue weighted by Gasteiger charge is -2.12. The van der Waals surface area contributed by atoms with E-state index in [2.05, 4.69) is 10.8 Å². The van der Waals surface area contributed by atoms with Crippen molar-refractivity contribution in [2.75, 3.05) is 5.32 Å². The van der Waals surface area contributed by atoms with Crippen molar-refractivity contribution in [1.29, 1.82) is 0 Å². The van der Waals surface area contributed by atoms with Crippen molar-refractivity contribution in [1.82, 2.24) is 5.48 Å². The molecule has 0 saturated heterocycles. The Bertz CT molecular complexity index is 455. The van der Waals surface area contributed by atoms with E-state index in [1.165, 1.54) is 24.3 Å². The molecule has 1 aromatic rings. The summed E-state index contributed by atoms with van der Waals surface area (Å²) < 4.78 is 0. The molecule has 0 spiro atoms. The number of amides is 2. The number of nitro groups is 1. The second-order valence-corrected chi connectivity index (χ2v) is 4.38. The van der Waals surface area contributed by atoms with Gasteiger partial charge in [-0.05, 0) is 25.0 Å². The fraction of sp³-hybridized carbons (Fsp3) is 0.417. The van der Waals surface area contributed by atoms with E-state index in [0.717, 1.165) is 25.7 Å². The largest absolute Gasteiger partial charge is 0.343 e. The fourth-order valence-corrected chi connectivity index (χ4v) is 1.97. The number of carbonyl (C=O) groups is 1. The Hall–Kier alpha value is -2.15. The fourth-order valence-electron chi connectivity index (χ4n) is 1.97. The van der Waals surface area contributed by atoms with E-state index in [1.807, 2.05) is 0 Å². The van der Waals surface area contributed by atoms with Crippen molar-refractivity contribution in [2.45, 2.75) is 31.8 Å². The van der Waals surface area contributed by atoms with Gasteiger partial charge in [-0.1, -0.05) is 12.8 Å². The highest BCUT2D eigenvalue weighted by atomic mass is 16.7. The van der Waals surface area contributed by atoms with E-state index in [4.69, 9.17) is 4.84 Å². The number of hydroxylamine groups is 1. The Labute approximate surface area is 110 Å². The highest BCUT2D eigenvalue weighted by Crippen LogP contribution is 2.20. The van der Waals surface area contributed by atoms with Gasteiger partial charge in [0, 0.05) is 17.8 Å². The molecule has 0 heterocycles. The van der Waals surface area contributed by atoms with Crippen LogP contribution in [-0.2, 0) is 4.84 Å². The quantitative estimate of drug-likeness (QED) is 0.646. The zero-order valence-corrected chi connectivity index (χ0v) is 10.3. The van der Waals surface area contributed by atoms with Crippen molar-refractivity contribution in [3.05, 3.63) is 34.4 Å². The minimum atomic E-state index is -0.493. The number of carbonyl (C=O) groups excluding carboxylic acids is 1. The molecule has 19 heavy (non-hydrogen) atoms. The van der Waals surface area contributed by atoms with Crippen LogP contribution in [0, 0.1) is 10.1 Å². The molecule has 1 aromatic carbocycles. The van der Waals surface area contributed by atoms with Crippen LogP contribution in [0.5, 0.6) is 0 Å². The number of nitrogens with one attached hydrogen (secondary N) is 2. The first-order valence-electron chi connectivity index (χ1n) is 6.12. The van der Waals surface area contributed by atoms with Crippen molar-refractivity contribution in [3.63, 3.8) is 0 Å². The molecule has 7 heteroatoms. The van der Waals surface area contributed by atoms with Crippen molar-refractivity contribution in [3.8, 4) is 0 Å². The van der Waals surface area contributed by atoms with Crippen LogP contribution in [0.15, 0.2) is 24.3 Å². The smallest absolute Gasteiger partial charge is 0.306 e. The summed E-state index contributed by atoms with van der Waals surface area (Å²) in [5, 5.41) is 13.0. The lowest BCUT2D eigenvalue weighted by Crippen LogP contribution is -2.32. The van der Waals surface area contributed by atoms with Gasteiger partial charge in [0.25, 0.3) is 5.69 Å². The summed E-state index contributed by atoms with van der Waals surface area (Å²) in [5.74, 6) is 0. The normalized spacial score (nSPS) is 15.2. The van der Waals surface area contributed by atoms with Crippen LogP contribution >= 0.6 is 0 Å². The van der Waals surface area contributed by atoms with Gasteiger partial charge in [-0.15, -0.1) is 0 Å². The zero-order valence-electron chi connectivity index (χ0n) is 10.3. The molecular formula is C12H15N3O4. The van der Waals surface area contributed by atoms with Crippen LogP contribution in [0.3, 0.4) is 0 Å². The Morgan fingerprint density at radius 3 is 2.47 bits per heavy atom. The highest BCUT2D eigenvalue weighted by molar-refractivity contribution is 5.88. The SMILES string of the molecule is O=C(NOC1CCCC1)Nc1ccc([N+](=O)[O-])cc1. The number of non-ortho nitro benzene ring substituents is 1. The Balaban J connectivity index is 1.79. The molecular weight excluding hydrogens is 250 g/mol. The first kappa shape index (κ1) is 13.3. The van der Waals surface area contributed by atoms with Crippen molar-refractivity contribution in [2.24, 2.45) is 0 Å². The summed E-state index contributed by atoms with van der Waals surface area (Å²) in [4.78, 5) is 26.7. The number of hydrogen-bond donors (Lipinski definition) is 2. The lowest BCUT2D eigenvalue weighted by molar-refractivity contribution is -0.384. The van der Waals surface area contributed by atoms with Crippen LogP contribution in [0.25, 0.3) is 0 Å². The van der Waals surface area contributed by atoms with Gasteiger partial charge < -0.3 is 5.32 Å². The van der Waals surface area contributed by atoms with Crippen LogP contribution in [-0.4, -0.2) is 17.1 Å². The average Bonchev–Trinajstić information content (AvgIpc) is 2.90. The minimum absolute atomic E-state index is 0.0202. The molecule has 0 atom stereocenters. The molecule has 0 unspecified atom stereocenters. The van der Waals surface area contributed by atoms with Crippen molar-refractivity contribution >= 4 is 17.4 Å². The van der Waals surface area contributed by atoms with Crippen LogP contribution in [0.2, 0.25) is 0 Å². The van der Waals surface area contributed by atoms with Gasteiger partial charge in [0.2, 0.25) is 0 Å². The van der Waals surface area contributed by atoms with Gasteiger partial charge in [-0.3, -0.25) is 15.0 Å². The molecule has 2 amide bonds. The minimum Gasteiger partial charge on any atom is -0.306 e. The molecule has 1 aliphatic carbocycles. The third kappa shape index (κ3) is 3.92. The molecule has 2 rings (SSSR count). The predicted molar refractivity (Wildman–Crippen MR) is 68.6 cm³/mol. The number of urea groups is 1. The van der Waals surface area contributed by atoms with Gasteiger partial charge in [0.1, 0.15) is 0 Å². The van der Waals surface area contributed by atoms with E-state index in [-0.39, 0.29) is 11.8 Å². The third-order valence-electron chi connectivity index (χ3n) is 2.96. The molecule has 0 bridgehead atoms. The van der Waals surface area contributed by atoms with Crippen LogP contribution in [0.1, 0.15) is 25.7 Å². The molecule has 0 aromatic heterocycles. The van der Waals surface area contributed by atoms with Crippen molar-refractivity contribution < 1.29 is 14.6 Å². The van der Waals surface area contributed by atoms with E-state index < -0.39 is 11.0 Å². The molecule has 102 valence electrons. The van der Waals surface area contributed by atoms with E-state index in [9.17, 15) is 14.9 Å². The summed E-state index contributed by atoms with van der Waals surface area (Å²) >= 11 is 0. The summed E-state index contributed by atoms with van der Waals surface area (Å²) in [5.41, 5.74) is 2.78. The maximum absolute atomic E-state index is 11.5. The number of nitrogens with zero attached hydrogens (tertiary/aromatic N) is 1. The van der Waals surface area contributed by atoms with E-state index in [0.29, 0.717) is 5.69 Å². The Morgan fingerprint density at radius 1 is 1.26 bits per heavy atom. The number of rotatable bonds is 4. The van der Waals surface area contributed by atoms with Crippen LogP contribution < -0.4 is 10.8 Å². The highest BCUT2D eigenvalue weighted by Gasteiger charge is 2.16. The maximum atomic E-state index is 11.5. The summed E-state index contributed by atoms with van der Waals surface area (Å²) in [7, 11) is 0. The third-order valence-corrected chi connectivity index (χ3v) is 2.96. The first-order valence-corrected chi connectivity index (χ1v) is 6.12. The number of benzene rings is 1. The second-order valence-electron chi connectivity index (χ2n) is 4.38. The number of nitro benzene ring substituents is 1. The van der Waals surface area contributed by atoms with Gasteiger partial charge in [0.15, 0.2) is 0 Å². The summed E-state index contributed by atoms with van der Waals surface area (Å²) in [6, 6.07) is 5.10. The van der Waals surface area contributed by atoms with Gasteiger partial charge in [0.05, 0.1) is 11.0 Å². The zero-order chi connectivity index (χ0) is 13.7. The topological polar surface area (TPSA) is 93.5 Å². The molecule has 1 fully saturated rings. The monoisotopic (exact) mass is 265 g/mol. The molecule has 0 aliphatic heterocycles. The van der Waals surface area contributed by atoms with E-state index in [1.54, 1.807) is 0 Å². The summed E-state index contributed by atoms with van der Waals surface area (Å²) in [6.45, 7) is 0. The summed E-state index contributed by atoms with van der Waals surface area (Å²) in [6.07, 6.45) is 4.24. The number of anilines is 1. The second kappa shape index (κ2) is 6.14. The van der Waals surface area contributed by atoms with Gasteiger partial charge >= 0.3 is 6.03 Å².